The fourth-order valence-electron chi connectivity index (χ4n) is 0.753. The highest BCUT2D eigenvalue weighted by Gasteiger charge is 2.13. The number of hydrogen-bond acceptors (Lipinski definition) is 2. The quantitative estimate of drug-likeness (QED) is 0.515. The van der Waals surface area contributed by atoms with Crippen molar-refractivity contribution in [2.45, 2.75) is 0 Å². The topological polar surface area (TPSA) is 40.5 Å². The Hall–Kier alpha value is -0.440. The predicted octanol–water partition coefficient (Wildman–Crippen LogP) is -1.19. The Labute approximate surface area is 71.4 Å². The first-order valence-electron chi connectivity index (χ1n) is 3.02. The molecule has 1 aromatic rings. The van der Waals surface area contributed by atoms with Crippen molar-refractivity contribution in [3.05, 3.63) is 23.2 Å². The first kappa shape index (κ1) is 8.65. The van der Waals surface area contributed by atoms with Crippen molar-refractivity contribution in [1.82, 2.24) is 0 Å². The van der Waals surface area contributed by atoms with Gasteiger partial charge in [-0.25, -0.2) is 0 Å². The minimum atomic E-state index is -1.54. The molecule has 54 valence electrons. The number of hydrogen-bond donors (Lipinski definition) is 2. The van der Waals surface area contributed by atoms with Gasteiger partial charge in [0.25, 0.3) is 0 Å². The van der Waals surface area contributed by atoms with E-state index < -0.39 is 7.12 Å². The SMILES string of the molecule is [B]c1ccc(B(O)O)c(Cl)c1. The summed E-state index contributed by atoms with van der Waals surface area (Å²) in [5.74, 6) is 0. The van der Waals surface area contributed by atoms with Crippen molar-refractivity contribution in [2.24, 2.45) is 0 Å². The Bertz CT molecular complexity index is 265. The average Bonchev–Trinajstić information content (AvgIpc) is 1.85. The molecule has 2 nitrogen and oxygen atoms in total. The van der Waals surface area contributed by atoms with Gasteiger partial charge in [-0.3, -0.25) is 0 Å². The van der Waals surface area contributed by atoms with Crippen molar-refractivity contribution < 1.29 is 10.0 Å². The highest BCUT2D eigenvalue weighted by Crippen LogP contribution is 2.01. The third kappa shape index (κ3) is 1.99. The maximum atomic E-state index is 8.73. The Kier molecular flexibility index (Phi) is 2.60. The van der Waals surface area contributed by atoms with E-state index in [1.54, 1.807) is 6.07 Å². The van der Waals surface area contributed by atoms with Crippen LogP contribution >= 0.6 is 11.6 Å². The van der Waals surface area contributed by atoms with Crippen LogP contribution in [0, 0.1) is 0 Å². The first-order valence-corrected chi connectivity index (χ1v) is 3.40. The summed E-state index contributed by atoms with van der Waals surface area (Å²) in [6.07, 6.45) is 0. The lowest BCUT2D eigenvalue weighted by molar-refractivity contribution is 0.426. The molecule has 2 N–H and O–H groups in total. The maximum Gasteiger partial charge on any atom is 0.489 e. The van der Waals surface area contributed by atoms with E-state index in [9.17, 15) is 0 Å². The van der Waals surface area contributed by atoms with Crippen LogP contribution in [0.2, 0.25) is 5.02 Å². The lowest BCUT2D eigenvalue weighted by Crippen LogP contribution is -2.31. The third-order valence-corrected chi connectivity index (χ3v) is 1.63. The second-order valence-corrected chi connectivity index (χ2v) is 2.56. The Balaban J connectivity index is 3.09. The Morgan fingerprint density at radius 1 is 1.36 bits per heavy atom. The zero-order chi connectivity index (χ0) is 8.43. The third-order valence-electron chi connectivity index (χ3n) is 1.30. The molecule has 0 spiro atoms. The second kappa shape index (κ2) is 3.30. The van der Waals surface area contributed by atoms with Crippen molar-refractivity contribution in [3.63, 3.8) is 0 Å². The Morgan fingerprint density at radius 2 is 2.00 bits per heavy atom. The summed E-state index contributed by atoms with van der Waals surface area (Å²) < 4.78 is 0. The summed E-state index contributed by atoms with van der Waals surface area (Å²) >= 11 is 5.62. The van der Waals surface area contributed by atoms with Crippen molar-refractivity contribution in [3.8, 4) is 0 Å². The summed E-state index contributed by atoms with van der Waals surface area (Å²) in [5, 5.41) is 17.7. The Morgan fingerprint density at radius 3 is 2.45 bits per heavy atom. The van der Waals surface area contributed by atoms with Gasteiger partial charge < -0.3 is 10.0 Å². The van der Waals surface area contributed by atoms with E-state index in [0.717, 1.165) is 0 Å². The lowest BCUT2D eigenvalue weighted by atomic mass is 9.78. The molecule has 0 aliphatic rings. The van der Waals surface area contributed by atoms with Crippen LogP contribution < -0.4 is 10.9 Å². The lowest BCUT2D eigenvalue weighted by Gasteiger charge is -2.02. The van der Waals surface area contributed by atoms with Gasteiger partial charge >= 0.3 is 7.12 Å². The molecule has 5 heteroatoms. The monoisotopic (exact) mass is 166 g/mol. The maximum absolute atomic E-state index is 8.73. The van der Waals surface area contributed by atoms with Crippen LogP contribution in [0.1, 0.15) is 0 Å². The molecule has 0 fully saturated rings. The standard InChI is InChI=1S/C6H5B2ClO2/c7-4-1-2-5(8(10)11)6(9)3-4/h1-3,10-11H. The molecule has 1 rings (SSSR count). The molecule has 2 radical (unpaired) electrons. The summed E-state index contributed by atoms with van der Waals surface area (Å²) in [4.78, 5) is 0. The molecule has 0 atom stereocenters. The zero-order valence-corrected chi connectivity index (χ0v) is 6.42. The minimum Gasteiger partial charge on any atom is -0.423 e. The van der Waals surface area contributed by atoms with Gasteiger partial charge in [0.2, 0.25) is 0 Å². The van der Waals surface area contributed by atoms with Crippen LogP contribution in [-0.4, -0.2) is 25.0 Å². The van der Waals surface area contributed by atoms with Gasteiger partial charge in [0.1, 0.15) is 7.85 Å². The van der Waals surface area contributed by atoms with Gasteiger partial charge in [-0.15, -0.1) is 0 Å². The predicted molar refractivity (Wildman–Crippen MR) is 46.7 cm³/mol. The molecule has 0 aliphatic carbocycles. The van der Waals surface area contributed by atoms with E-state index in [-0.39, 0.29) is 10.5 Å². The van der Waals surface area contributed by atoms with Gasteiger partial charge in [0.15, 0.2) is 0 Å². The molecule has 0 heterocycles. The van der Waals surface area contributed by atoms with Crippen LogP contribution in [0.3, 0.4) is 0 Å². The zero-order valence-electron chi connectivity index (χ0n) is 5.66. The summed E-state index contributed by atoms with van der Waals surface area (Å²) in [6, 6.07) is 4.50. The highest BCUT2D eigenvalue weighted by atomic mass is 35.5. The molecule has 1 aromatic carbocycles. The average molecular weight is 166 g/mol. The molecule has 11 heavy (non-hydrogen) atoms. The molecule has 0 saturated heterocycles. The fraction of sp³-hybridized carbons (Fsp3) is 0. The molecule has 0 aromatic heterocycles. The van der Waals surface area contributed by atoms with Gasteiger partial charge in [-0.05, 0) is 0 Å². The number of rotatable bonds is 1. The smallest absolute Gasteiger partial charge is 0.423 e. The van der Waals surface area contributed by atoms with E-state index >= 15 is 0 Å². The van der Waals surface area contributed by atoms with Gasteiger partial charge in [0, 0.05) is 10.5 Å². The molecule has 0 bridgehead atoms. The van der Waals surface area contributed by atoms with E-state index in [4.69, 9.17) is 29.5 Å². The van der Waals surface area contributed by atoms with E-state index in [1.165, 1.54) is 12.1 Å². The molecule has 0 saturated carbocycles. The number of halogens is 1. The summed E-state index contributed by atoms with van der Waals surface area (Å²) in [6.45, 7) is 0. The van der Waals surface area contributed by atoms with Gasteiger partial charge in [-0.2, -0.15) is 0 Å². The van der Waals surface area contributed by atoms with Crippen LogP contribution in [0.15, 0.2) is 18.2 Å². The molecule has 0 amide bonds. The first-order chi connectivity index (χ1) is 5.11. The highest BCUT2D eigenvalue weighted by molar-refractivity contribution is 6.63. The van der Waals surface area contributed by atoms with Crippen molar-refractivity contribution >= 4 is 37.5 Å². The van der Waals surface area contributed by atoms with E-state index in [1.807, 2.05) is 0 Å². The van der Waals surface area contributed by atoms with Crippen LogP contribution in [-0.2, 0) is 0 Å². The summed E-state index contributed by atoms with van der Waals surface area (Å²) in [7, 11) is 3.84. The fourth-order valence-corrected chi connectivity index (χ4v) is 1.04. The molecular formula is C6H5B2ClO2. The minimum absolute atomic E-state index is 0.264. The molecule has 0 aliphatic heterocycles. The normalized spacial score (nSPS) is 9.73. The molecular weight excluding hydrogens is 161 g/mol. The van der Waals surface area contributed by atoms with Crippen molar-refractivity contribution in [2.75, 3.05) is 0 Å². The van der Waals surface area contributed by atoms with Crippen LogP contribution in [0.4, 0.5) is 0 Å². The second-order valence-electron chi connectivity index (χ2n) is 2.15. The molecule has 0 unspecified atom stereocenters. The van der Waals surface area contributed by atoms with Crippen LogP contribution in [0.25, 0.3) is 0 Å². The van der Waals surface area contributed by atoms with E-state index in [2.05, 4.69) is 0 Å². The van der Waals surface area contributed by atoms with Crippen LogP contribution in [0.5, 0.6) is 0 Å². The van der Waals surface area contributed by atoms with Gasteiger partial charge in [0.05, 0.1) is 0 Å². The van der Waals surface area contributed by atoms with Gasteiger partial charge in [-0.1, -0.05) is 35.3 Å². The van der Waals surface area contributed by atoms with E-state index in [0.29, 0.717) is 5.46 Å². The van der Waals surface area contributed by atoms with Crippen molar-refractivity contribution in [1.29, 1.82) is 0 Å². The largest absolute Gasteiger partial charge is 0.489 e. The number of benzene rings is 1. The summed E-state index contributed by atoms with van der Waals surface area (Å²) in [5.41, 5.74) is 0.764.